The molecule has 78 valence electrons. The Morgan fingerprint density at radius 3 is 2.54 bits per heavy atom. The van der Waals surface area contributed by atoms with Gasteiger partial charge in [-0.1, -0.05) is 6.42 Å². The van der Waals surface area contributed by atoms with Crippen LogP contribution in [-0.4, -0.2) is 30.1 Å². The van der Waals surface area contributed by atoms with Crippen molar-refractivity contribution in [2.75, 3.05) is 19.6 Å². The van der Waals surface area contributed by atoms with Gasteiger partial charge >= 0.3 is 0 Å². The van der Waals surface area contributed by atoms with Gasteiger partial charge in [0, 0.05) is 12.1 Å². The van der Waals surface area contributed by atoms with E-state index in [-0.39, 0.29) is 0 Å². The Morgan fingerprint density at radius 1 is 1.31 bits per heavy atom. The molecule has 1 aliphatic heterocycles. The Bertz CT molecular complexity index is 149. The molecule has 1 saturated heterocycles. The molecule has 2 heteroatoms. The molecule has 2 N–H and O–H groups in total. The summed E-state index contributed by atoms with van der Waals surface area (Å²) in [7, 11) is 0. The van der Waals surface area contributed by atoms with Crippen molar-refractivity contribution in [2.45, 2.75) is 45.6 Å². The SMILES string of the molecule is CC(C)(C)N1CCCCC(CN)C1. The monoisotopic (exact) mass is 184 g/mol. The third kappa shape index (κ3) is 3.28. The lowest BCUT2D eigenvalue weighted by Crippen LogP contribution is -2.44. The van der Waals surface area contributed by atoms with Gasteiger partial charge in [-0.05, 0) is 52.6 Å². The largest absolute Gasteiger partial charge is 0.330 e. The molecule has 0 amide bonds. The van der Waals surface area contributed by atoms with Crippen LogP contribution in [-0.2, 0) is 0 Å². The van der Waals surface area contributed by atoms with Gasteiger partial charge in [-0.15, -0.1) is 0 Å². The van der Waals surface area contributed by atoms with E-state index in [1.807, 2.05) is 0 Å². The lowest BCUT2D eigenvalue weighted by molar-refractivity contribution is 0.125. The third-order valence-corrected chi connectivity index (χ3v) is 3.05. The van der Waals surface area contributed by atoms with Gasteiger partial charge in [-0.3, -0.25) is 4.90 Å². The Balaban J connectivity index is 2.54. The minimum Gasteiger partial charge on any atom is -0.330 e. The summed E-state index contributed by atoms with van der Waals surface area (Å²) in [5.41, 5.74) is 6.07. The molecule has 0 aromatic heterocycles. The highest BCUT2D eigenvalue weighted by atomic mass is 15.2. The maximum Gasteiger partial charge on any atom is 0.0125 e. The first-order valence-corrected chi connectivity index (χ1v) is 5.49. The zero-order valence-electron chi connectivity index (χ0n) is 9.34. The fourth-order valence-corrected chi connectivity index (χ4v) is 2.03. The molecule has 1 rings (SSSR count). The molecule has 1 fully saturated rings. The molecule has 1 unspecified atom stereocenters. The molecule has 1 heterocycles. The molecule has 0 spiro atoms. The summed E-state index contributed by atoms with van der Waals surface area (Å²) in [6.45, 7) is 10.2. The molecule has 0 aromatic carbocycles. The van der Waals surface area contributed by atoms with E-state index >= 15 is 0 Å². The Morgan fingerprint density at radius 2 is 2.00 bits per heavy atom. The topological polar surface area (TPSA) is 29.3 Å². The molecule has 1 atom stereocenters. The van der Waals surface area contributed by atoms with Gasteiger partial charge in [0.1, 0.15) is 0 Å². The molecule has 2 nitrogen and oxygen atoms in total. The van der Waals surface area contributed by atoms with E-state index in [1.165, 1.54) is 32.4 Å². The van der Waals surface area contributed by atoms with Crippen molar-refractivity contribution in [1.82, 2.24) is 4.90 Å². The molecule has 0 aliphatic carbocycles. The summed E-state index contributed by atoms with van der Waals surface area (Å²) in [5, 5.41) is 0. The minimum absolute atomic E-state index is 0.317. The van der Waals surface area contributed by atoms with Crippen LogP contribution in [0, 0.1) is 5.92 Å². The van der Waals surface area contributed by atoms with Gasteiger partial charge in [0.05, 0.1) is 0 Å². The van der Waals surface area contributed by atoms with Crippen molar-refractivity contribution < 1.29 is 0 Å². The van der Waals surface area contributed by atoms with E-state index in [0.29, 0.717) is 5.54 Å². The van der Waals surface area contributed by atoms with E-state index in [2.05, 4.69) is 25.7 Å². The number of rotatable bonds is 1. The van der Waals surface area contributed by atoms with Crippen LogP contribution < -0.4 is 5.73 Å². The van der Waals surface area contributed by atoms with Crippen molar-refractivity contribution in [3.8, 4) is 0 Å². The van der Waals surface area contributed by atoms with E-state index in [4.69, 9.17) is 5.73 Å². The second-order valence-corrected chi connectivity index (χ2v) is 5.21. The van der Waals surface area contributed by atoms with Crippen LogP contribution in [0.1, 0.15) is 40.0 Å². The first kappa shape index (κ1) is 11.0. The first-order chi connectivity index (χ1) is 6.04. The quantitative estimate of drug-likeness (QED) is 0.674. The van der Waals surface area contributed by atoms with Gasteiger partial charge in [0.2, 0.25) is 0 Å². The molecule has 0 bridgehead atoms. The standard InChI is InChI=1S/C11H24N2/c1-11(2,3)13-7-5-4-6-10(8-12)9-13/h10H,4-9,12H2,1-3H3. The minimum atomic E-state index is 0.317. The smallest absolute Gasteiger partial charge is 0.0125 e. The zero-order valence-corrected chi connectivity index (χ0v) is 9.34. The average molecular weight is 184 g/mol. The fraction of sp³-hybridized carbons (Fsp3) is 1.00. The molecule has 0 aromatic rings. The van der Waals surface area contributed by atoms with Gasteiger partial charge in [0.15, 0.2) is 0 Å². The maximum absolute atomic E-state index is 5.75. The number of likely N-dealkylation sites (tertiary alicyclic amines) is 1. The lowest BCUT2D eigenvalue weighted by atomic mass is 10.0. The van der Waals surface area contributed by atoms with Gasteiger partial charge in [-0.25, -0.2) is 0 Å². The summed E-state index contributed by atoms with van der Waals surface area (Å²) in [6.07, 6.45) is 4.02. The predicted octanol–water partition coefficient (Wildman–Crippen LogP) is 1.85. The van der Waals surface area contributed by atoms with E-state index < -0.39 is 0 Å². The molecule has 0 saturated carbocycles. The van der Waals surface area contributed by atoms with Crippen LogP contribution >= 0.6 is 0 Å². The van der Waals surface area contributed by atoms with Crippen LogP contribution in [0.25, 0.3) is 0 Å². The summed E-state index contributed by atoms with van der Waals surface area (Å²) < 4.78 is 0. The summed E-state index contributed by atoms with van der Waals surface area (Å²) >= 11 is 0. The molecular formula is C11H24N2. The van der Waals surface area contributed by atoms with Crippen molar-refractivity contribution in [3.05, 3.63) is 0 Å². The van der Waals surface area contributed by atoms with Crippen molar-refractivity contribution in [2.24, 2.45) is 11.7 Å². The summed E-state index contributed by atoms with van der Waals surface area (Å²) in [5.74, 6) is 0.724. The normalized spacial score (nSPS) is 27.2. The molecular weight excluding hydrogens is 160 g/mol. The van der Waals surface area contributed by atoms with Crippen molar-refractivity contribution in [1.29, 1.82) is 0 Å². The fourth-order valence-electron chi connectivity index (χ4n) is 2.03. The summed E-state index contributed by atoms with van der Waals surface area (Å²) in [6, 6.07) is 0. The zero-order chi connectivity index (χ0) is 9.90. The van der Waals surface area contributed by atoms with Crippen LogP contribution in [0.3, 0.4) is 0 Å². The van der Waals surface area contributed by atoms with Crippen LogP contribution in [0.5, 0.6) is 0 Å². The van der Waals surface area contributed by atoms with Gasteiger partial charge in [0.25, 0.3) is 0 Å². The Hall–Kier alpha value is -0.0800. The van der Waals surface area contributed by atoms with Crippen molar-refractivity contribution in [3.63, 3.8) is 0 Å². The molecule has 1 aliphatic rings. The van der Waals surface area contributed by atoms with E-state index in [9.17, 15) is 0 Å². The molecule has 13 heavy (non-hydrogen) atoms. The molecule has 0 radical (unpaired) electrons. The van der Waals surface area contributed by atoms with Crippen LogP contribution in [0.4, 0.5) is 0 Å². The highest BCUT2D eigenvalue weighted by molar-refractivity contribution is 4.81. The number of hydrogen-bond donors (Lipinski definition) is 1. The number of nitrogens with two attached hydrogens (primary N) is 1. The lowest BCUT2D eigenvalue weighted by Gasteiger charge is -2.36. The van der Waals surface area contributed by atoms with Crippen LogP contribution in [0.15, 0.2) is 0 Å². The highest BCUT2D eigenvalue weighted by Crippen LogP contribution is 2.22. The second-order valence-electron chi connectivity index (χ2n) is 5.21. The van der Waals surface area contributed by atoms with E-state index in [0.717, 1.165) is 12.5 Å². The Kier molecular flexibility index (Phi) is 3.74. The summed E-state index contributed by atoms with van der Waals surface area (Å²) in [4.78, 5) is 2.58. The third-order valence-electron chi connectivity index (χ3n) is 3.05. The van der Waals surface area contributed by atoms with E-state index in [1.54, 1.807) is 0 Å². The van der Waals surface area contributed by atoms with Gasteiger partial charge in [-0.2, -0.15) is 0 Å². The number of nitrogens with zero attached hydrogens (tertiary/aromatic N) is 1. The maximum atomic E-state index is 5.75. The average Bonchev–Trinajstić information content (AvgIpc) is 2.27. The van der Waals surface area contributed by atoms with Crippen molar-refractivity contribution >= 4 is 0 Å². The second kappa shape index (κ2) is 4.43. The van der Waals surface area contributed by atoms with Crippen LogP contribution in [0.2, 0.25) is 0 Å². The highest BCUT2D eigenvalue weighted by Gasteiger charge is 2.25. The first-order valence-electron chi connectivity index (χ1n) is 5.49. The number of hydrogen-bond acceptors (Lipinski definition) is 2. The van der Waals surface area contributed by atoms with Gasteiger partial charge < -0.3 is 5.73 Å². The predicted molar refractivity (Wildman–Crippen MR) is 57.7 cm³/mol. The Labute approximate surface area is 82.5 Å².